The number of carbonyl (C=O) groups is 1. The molecular weight excluding hydrogens is 168 g/mol. The second kappa shape index (κ2) is 2.35. The molecule has 1 aliphatic carbocycles. The maximum absolute atomic E-state index is 11.2. The summed E-state index contributed by atoms with van der Waals surface area (Å²) >= 11 is 0. The topological polar surface area (TPSA) is 35.5 Å². The Morgan fingerprint density at radius 2 is 2.46 bits per heavy atom. The lowest BCUT2D eigenvalue weighted by Gasteiger charge is -2.30. The van der Waals surface area contributed by atoms with E-state index in [0.717, 1.165) is 19.3 Å². The minimum absolute atomic E-state index is 0.00606. The second-order valence-electron chi connectivity index (χ2n) is 3.99. The zero-order valence-corrected chi connectivity index (χ0v) is 7.41. The Morgan fingerprint density at radius 1 is 1.54 bits per heavy atom. The third kappa shape index (κ3) is 0.854. The predicted octanol–water partition coefficient (Wildman–Crippen LogP) is 1.18. The lowest BCUT2D eigenvalue weighted by molar-refractivity contribution is -0.146. The van der Waals surface area contributed by atoms with Gasteiger partial charge < -0.3 is 9.47 Å². The summed E-state index contributed by atoms with van der Waals surface area (Å²) in [5.41, 5.74) is 0.865. The van der Waals surface area contributed by atoms with E-state index in [1.807, 2.05) is 0 Å². The van der Waals surface area contributed by atoms with Gasteiger partial charge in [-0.25, -0.2) is 0 Å². The molecule has 3 heteroatoms. The number of esters is 1. The van der Waals surface area contributed by atoms with Gasteiger partial charge in [-0.15, -0.1) is 0 Å². The van der Waals surface area contributed by atoms with E-state index in [-0.39, 0.29) is 17.7 Å². The third-order valence-corrected chi connectivity index (χ3v) is 3.29. The SMILES string of the molecule is O=C1C[C@@H]2OCC3=CCCCC32O1. The van der Waals surface area contributed by atoms with Gasteiger partial charge in [-0.05, 0) is 24.8 Å². The van der Waals surface area contributed by atoms with Crippen LogP contribution >= 0.6 is 0 Å². The van der Waals surface area contributed by atoms with E-state index in [2.05, 4.69) is 6.08 Å². The van der Waals surface area contributed by atoms with Crippen molar-refractivity contribution < 1.29 is 14.3 Å². The zero-order chi connectivity index (χ0) is 8.89. The van der Waals surface area contributed by atoms with E-state index >= 15 is 0 Å². The summed E-state index contributed by atoms with van der Waals surface area (Å²) in [6, 6.07) is 0. The van der Waals surface area contributed by atoms with Gasteiger partial charge in [0.1, 0.15) is 6.10 Å². The maximum Gasteiger partial charge on any atom is 0.309 e. The Bertz CT molecular complexity index is 295. The zero-order valence-electron chi connectivity index (χ0n) is 7.41. The molecule has 0 aromatic rings. The number of rotatable bonds is 0. The predicted molar refractivity (Wildman–Crippen MR) is 45.1 cm³/mol. The fraction of sp³-hybridized carbons (Fsp3) is 0.700. The van der Waals surface area contributed by atoms with Gasteiger partial charge in [0.15, 0.2) is 5.60 Å². The van der Waals surface area contributed by atoms with E-state index in [9.17, 15) is 4.79 Å². The van der Waals surface area contributed by atoms with Crippen molar-refractivity contribution in [3.63, 3.8) is 0 Å². The van der Waals surface area contributed by atoms with Crippen molar-refractivity contribution in [2.75, 3.05) is 6.61 Å². The number of carbonyl (C=O) groups excluding carboxylic acids is 1. The van der Waals surface area contributed by atoms with Crippen LogP contribution in [0.5, 0.6) is 0 Å². The molecule has 3 nitrogen and oxygen atoms in total. The number of hydrogen-bond acceptors (Lipinski definition) is 3. The Hall–Kier alpha value is -0.830. The average Bonchev–Trinajstić information content (AvgIpc) is 2.57. The van der Waals surface area contributed by atoms with Crippen molar-refractivity contribution in [3.8, 4) is 0 Å². The summed E-state index contributed by atoms with van der Waals surface area (Å²) in [7, 11) is 0. The normalized spacial score (nSPS) is 42.3. The van der Waals surface area contributed by atoms with Crippen molar-refractivity contribution in [2.24, 2.45) is 0 Å². The second-order valence-corrected chi connectivity index (χ2v) is 3.99. The van der Waals surface area contributed by atoms with Crippen LogP contribution in [0, 0.1) is 0 Å². The lowest BCUT2D eigenvalue weighted by atomic mass is 9.82. The Balaban J connectivity index is 2.04. The van der Waals surface area contributed by atoms with Crippen LogP contribution in [-0.2, 0) is 14.3 Å². The molecule has 0 saturated carbocycles. The highest BCUT2D eigenvalue weighted by Crippen LogP contribution is 2.47. The van der Waals surface area contributed by atoms with Gasteiger partial charge in [0, 0.05) is 0 Å². The molecule has 1 spiro atoms. The average molecular weight is 180 g/mol. The van der Waals surface area contributed by atoms with E-state index in [1.54, 1.807) is 0 Å². The Kier molecular flexibility index (Phi) is 1.37. The molecule has 13 heavy (non-hydrogen) atoms. The molecule has 0 aromatic heterocycles. The van der Waals surface area contributed by atoms with Crippen molar-refractivity contribution in [2.45, 2.75) is 37.4 Å². The van der Waals surface area contributed by atoms with E-state index in [4.69, 9.17) is 9.47 Å². The molecule has 0 radical (unpaired) electrons. The fourth-order valence-electron chi connectivity index (χ4n) is 2.65. The third-order valence-electron chi connectivity index (χ3n) is 3.29. The number of allylic oxidation sites excluding steroid dienone is 1. The van der Waals surface area contributed by atoms with E-state index in [0.29, 0.717) is 13.0 Å². The summed E-state index contributed by atoms with van der Waals surface area (Å²) < 4.78 is 11.0. The first-order valence-electron chi connectivity index (χ1n) is 4.84. The summed E-state index contributed by atoms with van der Waals surface area (Å²) in [6.45, 7) is 0.665. The van der Waals surface area contributed by atoms with Gasteiger partial charge in [0.05, 0.1) is 13.0 Å². The minimum atomic E-state index is -0.338. The number of ether oxygens (including phenoxy) is 2. The molecule has 3 rings (SSSR count). The highest BCUT2D eigenvalue weighted by atomic mass is 16.6. The number of hydrogen-bond donors (Lipinski definition) is 0. The maximum atomic E-state index is 11.2. The highest BCUT2D eigenvalue weighted by molar-refractivity contribution is 5.75. The molecule has 0 bridgehead atoms. The van der Waals surface area contributed by atoms with Crippen LogP contribution in [0.15, 0.2) is 11.6 Å². The quantitative estimate of drug-likeness (QED) is 0.415. The summed E-state index contributed by atoms with van der Waals surface area (Å²) in [4.78, 5) is 11.2. The van der Waals surface area contributed by atoms with Gasteiger partial charge >= 0.3 is 5.97 Å². The van der Waals surface area contributed by atoms with Crippen LogP contribution in [0.2, 0.25) is 0 Å². The molecular formula is C10H12O3. The van der Waals surface area contributed by atoms with Crippen molar-refractivity contribution >= 4 is 5.97 Å². The molecule has 2 fully saturated rings. The molecule has 3 aliphatic rings. The van der Waals surface area contributed by atoms with Gasteiger partial charge in [-0.2, -0.15) is 0 Å². The fourth-order valence-corrected chi connectivity index (χ4v) is 2.65. The Labute approximate surface area is 76.7 Å². The van der Waals surface area contributed by atoms with Crippen LogP contribution in [0.1, 0.15) is 25.7 Å². The van der Waals surface area contributed by atoms with Crippen molar-refractivity contribution in [1.82, 2.24) is 0 Å². The summed E-state index contributed by atoms with van der Waals surface area (Å²) in [5, 5.41) is 0. The lowest BCUT2D eigenvalue weighted by Crippen LogP contribution is -2.38. The molecule has 2 atom stereocenters. The first kappa shape index (κ1) is 7.56. The van der Waals surface area contributed by atoms with Crippen LogP contribution in [0.25, 0.3) is 0 Å². The molecule has 0 amide bonds. The Morgan fingerprint density at radius 3 is 3.38 bits per heavy atom. The van der Waals surface area contributed by atoms with Crippen molar-refractivity contribution in [3.05, 3.63) is 11.6 Å². The first-order valence-corrected chi connectivity index (χ1v) is 4.84. The van der Waals surface area contributed by atoms with Crippen LogP contribution in [0.3, 0.4) is 0 Å². The molecule has 2 aliphatic heterocycles. The largest absolute Gasteiger partial charge is 0.452 e. The van der Waals surface area contributed by atoms with Gasteiger partial charge in [0.25, 0.3) is 0 Å². The van der Waals surface area contributed by atoms with Gasteiger partial charge in [0.2, 0.25) is 0 Å². The first-order chi connectivity index (χ1) is 6.31. The summed E-state index contributed by atoms with van der Waals surface area (Å²) in [5.74, 6) is -0.0995. The molecule has 0 N–H and O–H groups in total. The monoisotopic (exact) mass is 180 g/mol. The summed E-state index contributed by atoms with van der Waals surface area (Å²) in [6.07, 6.45) is 5.79. The van der Waals surface area contributed by atoms with Gasteiger partial charge in [-0.1, -0.05) is 6.08 Å². The minimum Gasteiger partial charge on any atom is -0.452 e. The van der Waals surface area contributed by atoms with Crippen molar-refractivity contribution in [1.29, 1.82) is 0 Å². The van der Waals surface area contributed by atoms with Crippen LogP contribution < -0.4 is 0 Å². The molecule has 2 saturated heterocycles. The molecule has 1 unspecified atom stereocenters. The highest BCUT2D eigenvalue weighted by Gasteiger charge is 2.56. The molecule has 2 heterocycles. The van der Waals surface area contributed by atoms with Crippen LogP contribution in [-0.4, -0.2) is 24.3 Å². The standard InChI is InChI=1S/C10H12O3/c11-9-5-8-10(13-9)4-2-1-3-7(10)6-12-8/h3,8H,1-2,4-6H2/t8-,10?/m0/s1. The smallest absolute Gasteiger partial charge is 0.309 e. The molecule has 70 valence electrons. The van der Waals surface area contributed by atoms with Crippen LogP contribution in [0.4, 0.5) is 0 Å². The van der Waals surface area contributed by atoms with E-state index in [1.165, 1.54) is 5.57 Å². The molecule has 0 aromatic carbocycles. The van der Waals surface area contributed by atoms with E-state index < -0.39 is 0 Å². The van der Waals surface area contributed by atoms with Gasteiger partial charge in [-0.3, -0.25) is 4.79 Å².